The quantitative estimate of drug-likeness (QED) is 0.181. The fraction of sp³-hybridized carbons (Fsp3) is 0. The summed E-state index contributed by atoms with van der Waals surface area (Å²) in [7, 11) is 0. The lowest BCUT2D eigenvalue weighted by molar-refractivity contribution is 1.61. The molecule has 0 fully saturated rings. The van der Waals surface area contributed by atoms with Gasteiger partial charge in [-0.15, -0.1) is 0 Å². The van der Waals surface area contributed by atoms with Crippen molar-refractivity contribution in [2.24, 2.45) is 0 Å². The van der Waals surface area contributed by atoms with Gasteiger partial charge in [0.05, 0.1) is 0 Å². The van der Waals surface area contributed by atoms with Crippen molar-refractivity contribution in [3.63, 3.8) is 0 Å². The molecule has 0 bridgehead atoms. The molecule has 0 atom stereocenters. The minimum Gasteiger partial charge on any atom is -0.0622 e. The summed E-state index contributed by atoms with van der Waals surface area (Å²) in [4.78, 5) is 0. The SMILES string of the molecule is c1ccc(-c2ccc(-c3c4ccccc4c(-c4ccc5ccccc5c4)c4ccc(-c5cccc6ccccc56)cc34)cc2)cc1. The van der Waals surface area contributed by atoms with Crippen LogP contribution in [-0.4, -0.2) is 0 Å². The summed E-state index contributed by atoms with van der Waals surface area (Å²) in [6.07, 6.45) is 0. The highest BCUT2D eigenvalue weighted by molar-refractivity contribution is 6.22. The first-order valence-electron chi connectivity index (χ1n) is 15.9. The largest absolute Gasteiger partial charge is 0.0622 e. The molecule has 0 N–H and O–H groups in total. The summed E-state index contributed by atoms with van der Waals surface area (Å²) in [5, 5.41) is 10.1. The van der Waals surface area contributed by atoms with E-state index in [1.165, 1.54) is 87.6 Å². The van der Waals surface area contributed by atoms with E-state index in [1.807, 2.05) is 0 Å². The van der Waals surface area contributed by atoms with Crippen LogP contribution in [0.5, 0.6) is 0 Å². The fourth-order valence-electron chi connectivity index (χ4n) is 7.25. The average Bonchev–Trinajstić information content (AvgIpc) is 3.13. The second kappa shape index (κ2) is 10.9. The predicted molar refractivity (Wildman–Crippen MR) is 198 cm³/mol. The molecule has 0 aliphatic rings. The van der Waals surface area contributed by atoms with E-state index in [9.17, 15) is 0 Å². The molecule has 0 aliphatic carbocycles. The van der Waals surface area contributed by atoms with Crippen LogP contribution in [0.3, 0.4) is 0 Å². The molecule has 0 saturated carbocycles. The Morgan fingerprint density at radius 1 is 0.217 bits per heavy atom. The Morgan fingerprint density at radius 2 is 0.739 bits per heavy atom. The van der Waals surface area contributed by atoms with Crippen LogP contribution in [0.1, 0.15) is 0 Å². The van der Waals surface area contributed by atoms with Gasteiger partial charge >= 0.3 is 0 Å². The van der Waals surface area contributed by atoms with Crippen LogP contribution in [0.15, 0.2) is 182 Å². The number of hydrogen-bond donors (Lipinski definition) is 0. The maximum Gasteiger partial charge on any atom is -0.00261 e. The van der Waals surface area contributed by atoms with Crippen LogP contribution in [-0.2, 0) is 0 Å². The molecule has 0 aliphatic heterocycles. The molecule has 0 aromatic heterocycles. The van der Waals surface area contributed by atoms with E-state index in [0.29, 0.717) is 0 Å². The van der Waals surface area contributed by atoms with Gasteiger partial charge in [-0.1, -0.05) is 170 Å². The van der Waals surface area contributed by atoms with Crippen molar-refractivity contribution in [1.29, 1.82) is 0 Å². The van der Waals surface area contributed by atoms with Gasteiger partial charge < -0.3 is 0 Å². The first-order chi connectivity index (χ1) is 22.8. The van der Waals surface area contributed by atoms with Crippen LogP contribution >= 0.6 is 0 Å². The van der Waals surface area contributed by atoms with Gasteiger partial charge in [-0.05, 0) is 99.7 Å². The van der Waals surface area contributed by atoms with Crippen molar-refractivity contribution in [3.8, 4) is 44.5 Å². The van der Waals surface area contributed by atoms with Crippen LogP contribution in [0.4, 0.5) is 0 Å². The Bertz CT molecular complexity index is 2550. The Morgan fingerprint density at radius 3 is 1.52 bits per heavy atom. The first-order valence-corrected chi connectivity index (χ1v) is 15.9. The monoisotopic (exact) mass is 582 g/mol. The number of rotatable bonds is 4. The van der Waals surface area contributed by atoms with Gasteiger partial charge in [-0.3, -0.25) is 0 Å². The molecule has 0 saturated heterocycles. The minimum atomic E-state index is 1.22. The zero-order valence-electron chi connectivity index (χ0n) is 25.3. The van der Waals surface area contributed by atoms with Gasteiger partial charge in [-0.2, -0.15) is 0 Å². The van der Waals surface area contributed by atoms with E-state index >= 15 is 0 Å². The molecule has 9 aromatic carbocycles. The highest BCUT2D eigenvalue weighted by atomic mass is 14.2. The zero-order valence-corrected chi connectivity index (χ0v) is 25.3. The molecule has 0 amide bonds. The molecule has 9 aromatic rings. The highest BCUT2D eigenvalue weighted by Crippen LogP contribution is 2.46. The molecule has 0 spiro atoms. The lowest BCUT2D eigenvalue weighted by Crippen LogP contribution is -1.92. The fourth-order valence-corrected chi connectivity index (χ4v) is 7.25. The van der Waals surface area contributed by atoms with Crippen molar-refractivity contribution in [2.75, 3.05) is 0 Å². The second-order valence-electron chi connectivity index (χ2n) is 12.1. The van der Waals surface area contributed by atoms with Gasteiger partial charge in [0.25, 0.3) is 0 Å². The molecular weight excluding hydrogens is 553 g/mol. The van der Waals surface area contributed by atoms with Crippen molar-refractivity contribution < 1.29 is 0 Å². The summed E-state index contributed by atoms with van der Waals surface area (Å²) < 4.78 is 0. The van der Waals surface area contributed by atoms with E-state index < -0.39 is 0 Å². The smallest absolute Gasteiger partial charge is 0.00261 e. The first kappa shape index (κ1) is 26.4. The third-order valence-corrected chi connectivity index (χ3v) is 9.44. The Kier molecular flexibility index (Phi) is 6.25. The normalized spacial score (nSPS) is 11.5. The number of fused-ring (bicyclic) bond motifs is 4. The molecule has 0 radical (unpaired) electrons. The van der Waals surface area contributed by atoms with Gasteiger partial charge in [0.1, 0.15) is 0 Å². The number of hydrogen-bond acceptors (Lipinski definition) is 0. The summed E-state index contributed by atoms with van der Waals surface area (Å²) in [6.45, 7) is 0. The maximum atomic E-state index is 2.43. The Balaban J connectivity index is 1.36. The molecule has 9 rings (SSSR count). The van der Waals surface area contributed by atoms with E-state index in [0.717, 1.165) is 0 Å². The van der Waals surface area contributed by atoms with Crippen molar-refractivity contribution in [2.45, 2.75) is 0 Å². The topological polar surface area (TPSA) is 0 Å². The molecule has 0 heteroatoms. The van der Waals surface area contributed by atoms with Crippen LogP contribution in [0.2, 0.25) is 0 Å². The van der Waals surface area contributed by atoms with E-state index in [4.69, 9.17) is 0 Å². The molecule has 0 unspecified atom stereocenters. The Labute approximate surface area is 268 Å². The molecule has 0 heterocycles. The average molecular weight is 583 g/mol. The van der Waals surface area contributed by atoms with Gasteiger partial charge in [0.15, 0.2) is 0 Å². The van der Waals surface area contributed by atoms with E-state index in [2.05, 4.69) is 182 Å². The maximum absolute atomic E-state index is 2.43. The zero-order chi connectivity index (χ0) is 30.5. The predicted octanol–water partition coefficient (Wildman–Crippen LogP) is 13.0. The van der Waals surface area contributed by atoms with Crippen molar-refractivity contribution >= 4 is 43.1 Å². The Hall–Kier alpha value is -5.98. The molecule has 0 nitrogen and oxygen atoms in total. The van der Waals surface area contributed by atoms with E-state index in [1.54, 1.807) is 0 Å². The van der Waals surface area contributed by atoms with E-state index in [-0.39, 0.29) is 0 Å². The minimum absolute atomic E-state index is 1.22. The molecular formula is C46H30. The standard InChI is InChI=1S/C46H30/c1-2-11-31(12-3-1)33-21-24-35(25-22-33)45-41-18-8-9-19-42(41)46(38-26-23-32-13-4-5-15-36(32)29-38)43-28-27-37(30-44(43)45)40-20-10-16-34-14-6-7-17-39(34)40/h1-30H. The third kappa shape index (κ3) is 4.38. The molecule has 214 valence electrons. The van der Waals surface area contributed by atoms with Crippen molar-refractivity contribution in [3.05, 3.63) is 182 Å². The lowest BCUT2D eigenvalue weighted by atomic mass is 9.84. The van der Waals surface area contributed by atoms with Crippen LogP contribution in [0, 0.1) is 0 Å². The summed E-state index contributed by atoms with van der Waals surface area (Å²) in [5.74, 6) is 0. The molecule has 46 heavy (non-hydrogen) atoms. The van der Waals surface area contributed by atoms with Gasteiger partial charge in [-0.25, -0.2) is 0 Å². The van der Waals surface area contributed by atoms with Crippen LogP contribution < -0.4 is 0 Å². The summed E-state index contributed by atoms with van der Waals surface area (Å²) in [5.41, 5.74) is 9.96. The van der Waals surface area contributed by atoms with Crippen molar-refractivity contribution in [1.82, 2.24) is 0 Å². The third-order valence-electron chi connectivity index (χ3n) is 9.44. The second-order valence-corrected chi connectivity index (χ2v) is 12.1. The van der Waals surface area contributed by atoms with Gasteiger partial charge in [0.2, 0.25) is 0 Å². The van der Waals surface area contributed by atoms with Crippen LogP contribution in [0.25, 0.3) is 87.6 Å². The van der Waals surface area contributed by atoms with Gasteiger partial charge in [0, 0.05) is 0 Å². The summed E-state index contributed by atoms with van der Waals surface area (Å²) >= 11 is 0. The lowest BCUT2D eigenvalue weighted by Gasteiger charge is -2.19. The highest BCUT2D eigenvalue weighted by Gasteiger charge is 2.18. The summed E-state index contributed by atoms with van der Waals surface area (Å²) in [6, 6.07) is 66.6. The number of benzene rings is 9.